The SMILES string of the molecule is C=S(N)(=O)c1ccc(CC)cc1. The maximum Gasteiger partial charge on any atom is 0.0507 e. The molecule has 0 amide bonds. The summed E-state index contributed by atoms with van der Waals surface area (Å²) >= 11 is 0. The minimum Gasteiger partial charge on any atom is -0.256 e. The van der Waals surface area contributed by atoms with E-state index >= 15 is 0 Å². The average molecular weight is 183 g/mol. The predicted molar refractivity (Wildman–Crippen MR) is 53.5 cm³/mol. The molecule has 1 aromatic rings. The Bertz CT molecular complexity index is 351. The molecule has 0 aliphatic rings. The van der Waals surface area contributed by atoms with Crippen molar-refractivity contribution in [2.24, 2.45) is 5.14 Å². The molecule has 12 heavy (non-hydrogen) atoms. The van der Waals surface area contributed by atoms with Crippen LogP contribution in [0.3, 0.4) is 0 Å². The van der Waals surface area contributed by atoms with Crippen LogP contribution in [0.4, 0.5) is 0 Å². The lowest BCUT2D eigenvalue weighted by atomic mass is 10.2. The summed E-state index contributed by atoms with van der Waals surface area (Å²) in [6.07, 6.45) is 0.975. The van der Waals surface area contributed by atoms with Crippen LogP contribution < -0.4 is 5.14 Å². The molecule has 1 unspecified atom stereocenters. The van der Waals surface area contributed by atoms with E-state index in [9.17, 15) is 4.21 Å². The Kier molecular flexibility index (Phi) is 2.55. The van der Waals surface area contributed by atoms with Gasteiger partial charge < -0.3 is 0 Å². The third kappa shape index (κ3) is 2.09. The molecule has 1 rings (SSSR count). The first-order valence-electron chi connectivity index (χ1n) is 3.78. The van der Waals surface area contributed by atoms with E-state index in [-0.39, 0.29) is 0 Å². The van der Waals surface area contributed by atoms with Gasteiger partial charge in [-0.1, -0.05) is 19.1 Å². The Morgan fingerprint density at radius 1 is 1.42 bits per heavy atom. The fourth-order valence-electron chi connectivity index (χ4n) is 0.956. The van der Waals surface area contributed by atoms with E-state index in [0.717, 1.165) is 6.42 Å². The Morgan fingerprint density at radius 3 is 2.25 bits per heavy atom. The summed E-state index contributed by atoms with van der Waals surface area (Å²) in [6, 6.07) is 7.39. The second-order valence-corrected chi connectivity index (χ2v) is 4.65. The minimum absolute atomic E-state index is 0.611. The zero-order valence-corrected chi connectivity index (χ0v) is 7.93. The number of nitrogens with two attached hydrogens (primary N) is 1. The predicted octanol–water partition coefficient (Wildman–Crippen LogP) is 1.20. The fraction of sp³-hybridized carbons (Fsp3) is 0.222. The van der Waals surface area contributed by atoms with Crippen LogP contribution >= 0.6 is 0 Å². The number of benzene rings is 1. The molecule has 2 nitrogen and oxygen atoms in total. The summed E-state index contributed by atoms with van der Waals surface area (Å²) in [6.45, 7) is 2.07. The van der Waals surface area contributed by atoms with Crippen LogP contribution in [0.2, 0.25) is 0 Å². The van der Waals surface area contributed by atoms with Gasteiger partial charge in [0.1, 0.15) is 0 Å². The molecule has 0 spiro atoms. The Labute approximate surface area is 73.5 Å². The fourth-order valence-corrected chi connectivity index (χ4v) is 1.55. The quantitative estimate of drug-likeness (QED) is 0.688. The first-order chi connectivity index (χ1) is 5.54. The molecule has 0 fully saturated rings. The molecule has 0 saturated heterocycles. The molecule has 0 aromatic heterocycles. The molecule has 0 saturated carbocycles. The van der Waals surface area contributed by atoms with Crippen LogP contribution in [-0.2, 0) is 16.1 Å². The van der Waals surface area contributed by atoms with Gasteiger partial charge in [-0.3, -0.25) is 5.14 Å². The lowest BCUT2D eigenvalue weighted by Gasteiger charge is -2.02. The molecule has 0 heterocycles. The summed E-state index contributed by atoms with van der Waals surface area (Å²) in [5.74, 6) is 3.40. The smallest absolute Gasteiger partial charge is 0.0507 e. The van der Waals surface area contributed by atoms with Crippen LogP contribution in [0.25, 0.3) is 0 Å². The van der Waals surface area contributed by atoms with Crippen molar-refractivity contribution in [1.29, 1.82) is 0 Å². The van der Waals surface area contributed by atoms with Gasteiger partial charge in [0, 0.05) is 4.90 Å². The molecule has 0 radical (unpaired) electrons. The van der Waals surface area contributed by atoms with Crippen LogP contribution in [0.1, 0.15) is 12.5 Å². The third-order valence-corrected chi connectivity index (χ3v) is 2.80. The molecule has 1 atom stereocenters. The standard InChI is InChI=1S/C9H13NOS/c1-3-8-4-6-9(7-5-8)12(2,10)11/h4-7H,2-3H2,1H3,(H2,10,11). The second kappa shape index (κ2) is 3.29. The highest BCUT2D eigenvalue weighted by molar-refractivity contribution is 7.98. The summed E-state index contributed by atoms with van der Waals surface area (Å²) in [7, 11) is -2.53. The Balaban J connectivity index is 3.09. The molecule has 1 aromatic carbocycles. The van der Waals surface area contributed by atoms with Crippen molar-refractivity contribution >= 4 is 15.6 Å². The van der Waals surface area contributed by atoms with Crippen molar-refractivity contribution in [3.63, 3.8) is 0 Å². The zero-order chi connectivity index (χ0) is 9.19. The van der Waals surface area contributed by atoms with Crippen molar-refractivity contribution in [2.45, 2.75) is 18.2 Å². The van der Waals surface area contributed by atoms with Crippen molar-refractivity contribution < 1.29 is 4.21 Å². The van der Waals surface area contributed by atoms with Gasteiger partial charge in [-0.25, -0.2) is 4.21 Å². The van der Waals surface area contributed by atoms with Gasteiger partial charge in [0.2, 0.25) is 0 Å². The minimum atomic E-state index is -2.53. The van der Waals surface area contributed by atoms with E-state index in [1.165, 1.54) is 5.56 Å². The van der Waals surface area contributed by atoms with Gasteiger partial charge >= 0.3 is 0 Å². The number of hydrogen-bond donors (Lipinski definition) is 1. The van der Waals surface area contributed by atoms with Gasteiger partial charge in [-0.2, -0.15) is 0 Å². The van der Waals surface area contributed by atoms with Crippen LogP contribution in [0.5, 0.6) is 0 Å². The first kappa shape index (κ1) is 9.29. The highest BCUT2D eigenvalue weighted by atomic mass is 32.2. The van der Waals surface area contributed by atoms with Crippen LogP contribution in [-0.4, -0.2) is 10.1 Å². The van der Waals surface area contributed by atoms with Crippen molar-refractivity contribution in [3.05, 3.63) is 29.8 Å². The van der Waals surface area contributed by atoms with Gasteiger partial charge in [-0.05, 0) is 30.0 Å². The molecule has 2 N–H and O–H groups in total. The maximum atomic E-state index is 11.3. The molecule has 66 valence electrons. The zero-order valence-electron chi connectivity index (χ0n) is 7.12. The lowest BCUT2D eigenvalue weighted by molar-refractivity contribution is 0.682. The van der Waals surface area contributed by atoms with Crippen LogP contribution in [0.15, 0.2) is 29.2 Å². The normalized spacial score (nSPS) is 15.5. The topological polar surface area (TPSA) is 43.1 Å². The molecule has 3 heteroatoms. The average Bonchev–Trinajstić information content (AvgIpc) is 2.03. The summed E-state index contributed by atoms with van der Waals surface area (Å²) in [4.78, 5) is 0.611. The monoisotopic (exact) mass is 183 g/mol. The van der Waals surface area contributed by atoms with Crippen molar-refractivity contribution in [1.82, 2.24) is 0 Å². The highest BCUT2D eigenvalue weighted by Gasteiger charge is 1.99. The van der Waals surface area contributed by atoms with E-state index in [0.29, 0.717) is 4.90 Å². The van der Waals surface area contributed by atoms with Gasteiger partial charge in [0.15, 0.2) is 0 Å². The third-order valence-electron chi connectivity index (χ3n) is 1.73. The maximum absolute atomic E-state index is 11.3. The summed E-state index contributed by atoms with van der Waals surface area (Å²) in [5.41, 5.74) is 1.21. The van der Waals surface area contributed by atoms with E-state index in [4.69, 9.17) is 5.14 Å². The lowest BCUT2D eigenvalue weighted by Crippen LogP contribution is -2.11. The molecule has 0 aliphatic heterocycles. The van der Waals surface area contributed by atoms with E-state index in [1.807, 2.05) is 12.1 Å². The van der Waals surface area contributed by atoms with E-state index in [2.05, 4.69) is 12.8 Å². The van der Waals surface area contributed by atoms with Gasteiger partial charge in [-0.15, -0.1) is 0 Å². The first-order valence-corrected chi connectivity index (χ1v) is 5.57. The largest absolute Gasteiger partial charge is 0.256 e. The molecule has 0 aliphatic carbocycles. The number of rotatable bonds is 2. The Morgan fingerprint density at radius 2 is 1.92 bits per heavy atom. The molecular formula is C9H13NOS. The van der Waals surface area contributed by atoms with Crippen molar-refractivity contribution in [2.75, 3.05) is 0 Å². The highest BCUT2D eigenvalue weighted by Crippen LogP contribution is 2.08. The number of hydrogen-bond acceptors (Lipinski definition) is 1. The molecular weight excluding hydrogens is 170 g/mol. The van der Waals surface area contributed by atoms with Crippen LogP contribution in [0, 0.1) is 0 Å². The van der Waals surface area contributed by atoms with Gasteiger partial charge in [0.25, 0.3) is 0 Å². The van der Waals surface area contributed by atoms with E-state index in [1.54, 1.807) is 12.1 Å². The summed E-state index contributed by atoms with van der Waals surface area (Å²) < 4.78 is 11.3. The Hall–Kier alpha value is -0.800. The van der Waals surface area contributed by atoms with Gasteiger partial charge in [0.05, 0.1) is 9.71 Å². The van der Waals surface area contributed by atoms with E-state index < -0.39 is 9.71 Å². The second-order valence-electron chi connectivity index (χ2n) is 2.72. The molecule has 0 bridgehead atoms. The number of aryl methyl sites for hydroxylation is 1. The summed E-state index contributed by atoms with van der Waals surface area (Å²) in [5, 5.41) is 5.36. The van der Waals surface area contributed by atoms with Crippen molar-refractivity contribution in [3.8, 4) is 0 Å².